The second kappa shape index (κ2) is 9.20. The van der Waals surface area contributed by atoms with Gasteiger partial charge in [-0.05, 0) is 67.7 Å². The van der Waals surface area contributed by atoms with E-state index in [1.54, 1.807) is 36.1 Å². The van der Waals surface area contributed by atoms with Gasteiger partial charge in [0, 0.05) is 13.2 Å². The normalized spacial score (nSPS) is 21.0. The van der Waals surface area contributed by atoms with E-state index in [-0.39, 0.29) is 47.1 Å². The monoisotopic (exact) mass is 591 g/mol. The second-order valence-electron chi connectivity index (χ2n) is 9.97. The Kier molecular flexibility index (Phi) is 6.11. The predicted octanol–water partition coefficient (Wildman–Crippen LogP) is 5.06. The molecule has 8 nitrogen and oxygen atoms in total. The summed E-state index contributed by atoms with van der Waals surface area (Å²) >= 11 is 0.251. The molecular weight excluding hydrogens is 570 g/mol. The largest absolute Gasteiger partial charge is 0.427 e. The van der Waals surface area contributed by atoms with E-state index in [4.69, 9.17) is 0 Å². The molecule has 3 aromatic heterocycles. The summed E-state index contributed by atoms with van der Waals surface area (Å²) < 4.78 is 83.7. The van der Waals surface area contributed by atoms with E-state index in [0.29, 0.717) is 28.7 Å². The number of ketones is 1. The van der Waals surface area contributed by atoms with Gasteiger partial charge in [-0.2, -0.15) is 23.4 Å². The maximum atomic E-state index is 14.1. The Morgan fingerprint density at radius 2 is 1.90 bits per heavy atom. The standard InChI is InChI=1S/C26H21F4N5O3S2/c1-34-9-8-22(33-34)40(37,38)19-7-2-16-10-20-15(13-32-35(20)18-5-3-17(27)4-6-18)11-25(16,12-19)23(36)24-31-14-21(39-24)26(28,29)30/h3-6,8-10,13-14,19H,2,7,11-12H2,1H3/t19-,25-/m0/s1. The fourth-order valence-corrected chi connectivity index (χ4v) is 8.14. The number of aromatic nitrogens is 5. The van der Waals surface area contributed by atoms with Crippen LogP contribution in [0.5, 0.6) is 0 Å². The third-order valence-electron chi connectivity index (χ3n) is 7.52. The summed E-state index contributed by atoms with van der Waals surface area (Å²) in [4.78, 5) is 16.9. The van der Waals surface area contributed by atoms with Gasteiger partial charge < -0.3 is 0 Å². The zero-order valence-electron chi connectivity index (χ0n) is 20.9. The number of thiazole rings is 1. The second-order valence-corrected chi connectivity index (χ2v) is 13.2. The maximum Gasteiger partial charge on any atom is 0.427 e. The highest BCUT2D eigenvalue weighted by molar-refractivity contribution is 7.92. The van der Waals surface area contributed by atoms with Crippen molar-refractivity contribution in [2.75, 3.05) is 0 Å². The first-order valence-corrected chi connectivity index (χ1v) is 14.6. The molecule has 1 saturated carbocycles. The van der Waals surface area contributed by atoms with Crippen molar-refractivity contribution in [2.24, 2.45) is 12.5 Å². The van der Waals surface area contributed by atoms with Gasteiger partial charge in [-0.3, -0.25) is 9.48 Å². The number of nitrogens with zero attached hydrogens (tertiary/aromatic N) is 5. The lowest BCUT2D eigenvalue weighted by Crippen LogP contribution is -2.45. The average molecular weight is 592 g/mol. The molecule has 1 fully saturated rings. The number of Topliss-reactive ketones (excluding diaryl/α,β-unsaturated/α-hetero) is 1. The minimum Gasteiger partial charge on any atom is -0.290 e. The molecule has 40 heavy (non-hydrogen) atoms. The van der Waals surface area contributed by atoms with Crippen molar-refractivity contribution < 1.29 is 30.8 Å². The highest BCUT2D eigenvalue weighted by Gasteiger charge is 2.53. The van der Waals surface area contributed by atoms with Crippen LogP contribution in [0.1, 0.15) is 45.2 Å². The van der Waals surface area contributed by atoms with E-state index in [9.17, 15) is 30.8 Å². The molecule has 1 aromatic carbocycles. The summed E-state index contributed by atoms with van der Waals surface area (Å²) in [5.74, 6) is -1.07. The number of hydrogen-bond acceptors (Lipinski definition) is 7. The summed E-state index contributed by atoms with van der Waals surface area (Å²) in [5.41, 5.74) is 1.01. The van der Waals surface area contributed by atoms with Gasteiger partial charge in [0.1, 0.15) is 10.7 Å². The molecule has 2 atom stereocenters. The van der Waals surface area contributed by atoms with Gasteiger partial charge in [0.05, 0.1) is 34.4 Å². The molecule has 2 aliphatic rings. The van der Waals surface area contributed by atoms with E-state index < -0.39 is 43.2 Å². The molecular formula is C26H21F4N5O3S2. The number of fused-ring (bicyclic) bond motifs is 2. The number of carbonyl (C=O) groups is 1. The van der Waals surface area contributed by atoms with E-state index in [2.05, 4.69) is 15.2 Å². The number of aryl methyl sites for hydroxylation is 1. The molecule has 208 valence electrons. The Balaban J connectivity index is 1.45. The first-order chi connectivity index (χ1) is 18.9. The zero-order valence-corrected chi connectivity index (χ0v) is 22.5. The third kappa shape index (κ3) is 4.29. The molecule has 0 bridgehead atoms. The van der Waals surface area contributed by atoms with Crippen LogP contribution in [-0.2, 0) is 29.5 Å². The minimum atomic E-state index is -4.67. The van der Waals surface area contributed by atoms with Gasteiger partial charge in [-0.1, -0.05) is 5.57 Å². The van der Waals surface area contributed by atoms with Crippen molar-refractivity contribution in [3.8, 4) is 5.69 Å². The lowest BCUT2D eigenvalue weighted by Gasteiger charge is -2.43. The first kappa shape index (κ1) is 26.6. The summed E-state index contributed by atoms with van der Waals surface area (Å²) in [5, 5.41) is 7.03. The molecule has 2 aliphatic carbocycles. The van der Waals surface area contributed by atoms with Crippen molar-refractivity contribution in [1.82, 2.24) is 24.5 Å². The topological polar surface area (TPSA) is 99.7 Å². The Morgan fingerprint density at radius 1 is 1.15 bits per heavy atom. The van der Waals surface area contributed by atoms with Crippen molar-refractivity contribution >= 4 is 33.0 Å². The van der Waals surface area contributed by atoms with Gasteiger partial charge in [0.2, 0.25) is 5.78 Å². The van der Waals surface area contributed by atoms with E-state index >= 15 is 0 Å². The van der Waals surface area contributed by atoms with Crippen LogP contribution in [0, 0.1) is 11.2 Å². The van der Waals surface area contributed by atoms with Crippen LogP contribution in [0.2, 0.25) is 0 Å². The summed E-state index contributed by atoms with van der Waals surface area (Å²) in [6, 6.07) is 7.08. The zero-order chi connectivity index (χ0) is 28.4. The van der Waals surface area contributed by atoms with Crippen LogP contribution < -0.4 is 0 Å². The van der Waals surface area contributed by atoms with Crippen LogP contribution in [-0.4, -0.2) is 44.0 Å². The number of alkyl halides is 3. The first-order valence-electron chi connectivity index (χ1n) is 12.2. The summed E-state index contributed by atoms with van der Waals surface area (Å²) in [6.07, 6.45) is 1.08. The molecule has 6 rings (SSSR count). The highest BCUT2D eigenvalue weighted by atomic mass is 32.2. The summed E-state index contributed by atoms with van der Waals surface area (Å²) in [7, 11) is -2.36. The van der Waals surface area contributed by atoms with Crippen LogP contribution in [0.4, 0.5) is 17.6 Å². The Bertz CT molecular complexity index is 1770. The molecule has 0 spiro atoms. The smallest absolute Gasteiger partial charge is 0.290 e. The van der Waals surface area contributed by atoms with Crippen LogP contribution >= 0.6 is 11.3 Å². The third-order valence-corrected chi connectivity index (χ3v) is 10.6. The number of hydrogen-bond donors (Lipinski definition) is 0. The lowest BCUT2D eigenvalue weighted by molar-refractivity contribution is -0.134. The van der Waals surface area contributed by atoms with Crippen molar-refractivity contribution in [1.29, 1.82) is 0 Å². The number of allylic oxidation sites excluding steroid dienone is 1. The fraction of sp³-hybridized carbons (Fsp3) is 0.308. The molecule has 0 amide bonds. The fourth-order valence-electron chi connectivity index (χ4n) is 5.55. The SMILES string of the molecule is Cn1ccc(S(=O)(=O)[C@H]2CCC3=Cc4c(cnn4-c4ccc(F)cc4)C[C@]3(C(=O)c3ncc(C(F)(F)F)s3)C2)n1. The van der Waals surface area contributed by atoms with Crippen LogP contribution in [0.25, 0.3) is 11.8 Å². The van der Waals surface area contributed by atoms with Gasteiger partial charge in [0.15, 0.2) is 19.9 Å². The highest BCUT2D eigenvalue weighted by Crippen LogP contribution is 2.52. The van der Waals surface area contributed by atoms with E-state index in [0.717, 1.165) is 0 Å². The Hall–Kier alpha value is -3.65. The Labute approximate surface area is 229 Å². The van der Waals surface area contributed by atoms with Crippen molar-refractivity contribution in [3.05, 3.63) is 81.5 Å². The molecule has 4 aromatic rings. The van der Waals surface area contributed by atoms with Gasteiger partial charge in [0.25, 0.3) is 0 Å². The van der Waals surface area contributed by atoms with Gasteiger partial charge in [-0.15, -0.1) is 11.3 Å². The number of sulfone groups is 1. The molecule has 0 aliphatic heterocycles. The molecule has 3 heterocycles. The maximum absolute atomic E-state index is 14.1. The molecule has 0 saturated heterocycles. The predicted molar refractivity (Wildman–Crippen MR) is 137 cm³/mol. The quantitative estimate of drug-likeness (QED) is 0.238. The lowest BCUT2D eigenvalue weighted by atomic mass is 9.62. The van der Waals surface area contributed by atoms with Gasteiger partial charge in [-0.25, -0.2) is 22.5 Å². The number of benzene rings is 1. The number of halogens is 4. The molecule has 0 radical (unpaired) electrons. The van der Waals surface area contributed by atoms with E-state index in [1.165, 1.54) is 29.1 Å². The number of carbonyl (C=O) groups excluding carboxylic acids is 1. The van der Waals surface area contributed by atoms with Gasteiger partial charge >= 0.3 is 6.18 Å². The summed E-state index contributed by atoms with van der Waals surface area (Å²) in [6.45, 7) is 0. The van der Waals surface area contributed by atoms with Crippen LogP contribution in [0.3, 0.4) is 0 Å². The molecule has 14 heteroatoms. The minimum absolute atomic E-state index is 0.0311. The van der Waals surface area contributed by atoms with Crippen molar-refractivity contribution in [3.63, 3.8) is 0 Å². The molecule has 0 unspecified atom stereocenters. The van der Waals surface area contributed by atoms with Crippen molar-refractivity contribution in [2.45, 2.75) is 42.1 Å². The average Bonchev–Trinajstić information content (AvgIpc) is 3.67. The number of rotatable bonds is 5. The van der Waals surface area contributed by atoms with Crippen LogP contribution in [0.15, 0.2) is 59.5 Å². The van der Waals surface area contributed by atoms with E-state index in [1.807, 2.05) is 0 Å². The molecule has 0 N–H and O–H groups in total. The Morgan fingerprint density at radius 3 is 2.55 bits per heavy atom.